The van der Waals surface area contributed by atoms with Gasteiger partial charge in [-0.25, -0.2) is 9.18 Å². The zero-order valence-electron chi connectivity index (χ0n) is 15.5. The number of carbonyl (C=O) groups excluding carboxylic acids is 2. The molecular formula is C19H28FN3O2. The smallest absolute Gasteiger partial charge is 0.317 e. The molecular weight excluding hydrogens is 321 g/mol. The Bertz CT molecular complexity index is 591. The summed E-state index contributed by atoms with van der Waals surface area (Å²) in [5.74, 6) is 0.366. The van der Waals surface area contributed by atoms with Crippen molar-refractivity contribution in [1.82, 2.24) is 10.2 Å². The zero-order valence-corrected chi connectivity index (χ0v) is 15.5. The lowest BCUT2D eigenvalue weighted by Gasteiger charge is -2.28. The van der Waals surface area contributed by atoms with Gasteiger partial charge in [-0.1, -0.05) is 27.7 Å². The number of halogens is 1. The molecule has 5 nitrogen and oxygen atoms in total. The van der Waals surface area contributed by atoms with Gasteiger partial charge >= 0.3 is 6.03 Å². The fourth-order valence-electron chi connectivity index (χ4n) is 3.06. The molecule has 25 heavy (non-hydrogen) atoms. The maximum Gasteiger partial charge on any atom is 0.317 e. The molecule has 0 spiro atoms. The maximum absolute atomic E-state index is 13.1. The predicted octanol–water partition coefficient (Wildman–Crippen LogP) is 3.25. The van der Waals surface area contributed by atoms with Gasteiger partial charge in [-0.2, -0.15) is 0 Å². The Balaban J connectivity index is 1.99. The van der Waals surface area contributed by atoms with Crippen LogP contribution >= 0.6 is 0 Å². The Morgan fingerprint density at radius 2 is 1.76 bits per heavy atom. The Kier molecular flexibility index (Phi) is 6.39. The first-order valence-electron chi connectivity index (χ1n) is 8.87. The van der Waals surface area contributed by atoms with Gasteiger partial charge in [0.05, 0.1) is 6.04 Å². The number of nitrogens with zero attached hydrogens (tertiary/aromatic N) is 2. The summed E-state index contributed by atoms with van der Waals surface area (Å²) in [7, 11) is 0. The molecule has 3 amide bonds. The van der Waals surface area contributed by atoms with Crippen molar-refractivity contribution in [1.29, 1.82) is 0 Å². The number of benzene rings is 1. The van der Waals surface area contributed by atoms with Gasteiger partial charge in [0.25, 0.3) is 0 Å². The van der Waals surface area contributed by atoms with E-state index in [2.05, 4.69) is 33.0 Å². The Hall–Kier alpha value is -2.11. The van der Waals surface area contributed by atoms with E-state index >= 15 is 0 Å². The molecule has 1 fully saturated rings. The summed E-state index contributed by atoms with van der Waals surface area (Å²) in [5, 5.41) is 2.98. The monoisotopic (exact) mass is 349 g/mol. The second-order valence-electron chi connectivity index (χ2n) is 7.52. The van der Waals surface area contributed by atoms with Crippen LogP contribution in [0.25, 0.3) is 0 Å². The van der Waals surface area contributed by atoms with Crippen LogP contribution in [0.2, 0.25) is 0 Å². The molecule has 1 unspecified atom stereocenters. The van der Waals surface area contributed by atoms with Crippen LogP contribution in [-0.4, -0.2) is 42.5 Å². The summed E-state index contributed by atoms with van der Waals surface area (Å²) in [4.78, 5) is 28.3. The molecule has 1 aromatic carbocycles. The summed E-state index contributed by atoms with van der Waals surface area (Å²) in [6, 6.07) is 5.49. The number of urea groups is 1. The van der Waals surface area contributed by atoms with Crippen molar-refractivity contribution in [3.8, 4) is 0 Å². The number of hydrogen-bond donors (Lipinski definition) is 1. The van der Waals surface area contributed by atoms with Crippen molar-refractivity contribution >= 4 is 17.6 Å². The maximum atomic E-state index is 13.1. The number of nitrogens with one attached hydrogen (secondary N) is 1. The van der Waals surface area contributed by atoms with E-state index in [-0.39, 0.29) is 30.2 Å². The lowest BCUT2D eigenvalue weighted by molar-refractivity contribution is -0.117. The molecule has 1 aliphatic rings. The van der Waals surface area contributed by atoms with Crippen LogP contribution in [0.5, 0.6) is 0 Å². The molecule has 2 rings (SSSR count). The Morgan fingerprint density at radius 1 is 1.20 bits per heavy atom. The number of rotatable bonds is 6. The predicted molar refractivity (Wildman–Crippen MR) is 96.9 cm³/mol. The first-order chi connectivity index (χ1) is 11.8. The second kappa shape index (κ2) is 8.32. The van der Waals surface area contributed by atoms with Crippen LogP contribution in [0.3, 0.4) is 0 Å². The van der Waals surface area contributed by atoms with E-state index in [0.717, 1.165) is 0 Å². The minimum atomic E-state index is -0.335. The van der Waals surface area contributed by atoms with Crippen LogP contribution in [-0.2, 0) is 4.79 Å². The van der Waals surface area contributed by atoms with Gasteiger partial charge in [-0.15, -0.1) is 0 Å². The molecule has 0 radical (unpaired) electrons. The van der Waals surface area contributed by atoms with Crippen LogP contribution < -0.4 is 10.2 Å². The molecule has 6 heteroatoms. The largest absolute Gasteiger partial charge is 0.333 e. The summed E-state index contributed by atoms with van der Waals surface area (Å²) >= 11 is 0. The highest BCUT2D eigenvalue weighted by Crippen LogP contribution is 2.22. The number of anilines is 1. The third kappa shape index (κ3) is 5.44. The lowest BCUT2D eigenvalue weighted by atomic mass is 10.1. The minimum Gasteiger partial charge on any atom is -0.333 e. The quantitative estimate of drug-likeness (QED) is 0.857. The van der Waals surface area contributed by atoms with E-state index in [1.807, 2.05) is 4.90 Å². The molecule has 1 aromatic rings. The van der Waals surface area contributed by atoms with E-state index in [9.17, 15) is 14.0 Å². The van der Waals surface area contributed by atoms with E-state index < -0.39 is 0 Å². The van der Waals surface area contributed by atoms with E-state index in [0.29, 0.717) is 37.2 Å². The average molecular weight is 349 g/mol. The number of amides is 3. The molecule has 1 atom stereocenters. The molecule has 0 saturated carbocycles. The molecule has 0 bridgehead atoms. The number of carbonyl (C=O) groups is 2. The van der Waals surface area contributed by atoms with Gasteiger partial charge in [-0.05, 0) is 36.1 Å². The van der Waals surface area contributed by atoms with Crippen LogP contribution in [0, 0.1) is 17.7 Å². The standard InChI is InChI=1S/C19H28FN3O2/c1-13(2)10-22(11-14(3)4)19(25)21-16-9-18(24)23(12-16)17-7-5-15(20)6-8-17/h5-8,13-14,16H,9-12H2,1-4H3,(H,21,25). The molecule has 138 valence electrons. The fourth-order valence-corrected chi connectivity index (χ4v) is 3.06. The molecule has 1 heterocycles. The third-order valence-electron chi connectivity index (χ3n) is 4.05. The SMILES string of the molecule is CC(C)CN(CC(C)C)C(=O)NC1CC(=O)N(c2ccc(F)cc2)C1. The second-order valence-corrected chi connectivity index (χ2v) is 7.52. The molecule has 1 saturated heterocycles. The van der Waals surface area contributed by atoms with Crippen molar-refractivity contribution in [2.45, 2.75) is 40.2 Å². The van der Waals surface area contributed by atoms with Crippen molar-refractivity contribution < 1.29 is 14.0 Å². The van der Waals surface area contributed by atoms with E-state index in [1.165, 1.54) is 12.1 Å². The highest BCUT2D eigenvalue weighted by molar-refractivity contribution is 5.96. The van der Waals surface area contributed by atoms with Crippen LogP contribution in [0.1, 0.15) is 34.1 Å². The van der Waals surface area contributed by atoms with Gasteiger partial charge in [0, 0.05) is 31.7 Å². The summed E-state index contributed by atoms with van der Waals surface area (Å²) in [5.41, 5.74) is 0.657. The molecule has 1 N–H and O–H groups in total. The van der Waals surface area contributed by atoms with Crippen molar-refractivity contribution in [3.63, 3.8) is 0 Å². The van der Waals surface area contributed by atoms with Gasteiger partial charge in [0.1, 0.15) is 5.82 Å². The van der Waals surface area contributed by atoms with E-state index in [4.69, 9.17) is 0 Å². The van der Waals surface area contributed by atoms with Crippen molar-refractivity contribution in [3.05, 3.63) is 30.1 Å². The topological polar surface area (TPSA) is 52.7 Å². The molecule has 0 aromatic heterocycles. The fraction of sp³-hybridized carbons (Fsp3) is 0.579. The summed E-state index contributed by atoms with van der Waals surface area (Å²) in [6.07, 6.45) is 0.264. The Morgan fingerprint density at radius 3 is 2.28 bits per heavy atom. The van der Waals surface area contributed by atoms with Crippen LogP contribution in [0.15, 0.2) is 24.3 Å². The van der Waals surface area contributed by atoms with Gasteiger partial charge in [-0.3, -0.25) is 4.79 Å². The van der Waals surface area contributed by atoms with E-state index in [1.54, 1.807) is 17.0 Å². The number of hydrogen-bond acceptors (Lipinski definition) is 2. The minimum absolute atomic E-state index is 0.0591. The summed E-state index contributed by atoms with van der Waals surface area (Å²) in [6.45, 7) is 10.1. The summed E-state index contributed by atoms with van der Waals surface area (Å²) < 4.78 is 13.1. The van der Waals surface area contributed by atoms with Crippen molar-refractivity contribution in [2.24, 2.45) is 11.8 Å². The van der Waals surface area contributed by atoms with Gasteiger partial charge in [0.15, 0.2) is 0 Å². The molecule has 1 aliphatic heterocycles. The third-order valence-corrected chi connectivity index (χ3v) is 4.05. The first-order valence-corrected chi connectivity index (χ1v) is 8.87. The highest BCUT2D eigenvalue weighted by Gasteiger charge is 2.32. The zero-order chi connectivity index (χ0) is 18.6. The highest BCUT2D eigenvalue weighted by atomic mass is 19.1. The normalized spacial score (nSPS) is 17.5. The van der Waals surface area contributed by atoms with Gasteiger partial charge in [0.2, 0.25) is 5.91 Å². The first kappa shape index (κ1) is 19.2. The average Bonchev–Trinajstić information content (AvgIpc) is 2.87. The van der Waals surface area contributed by atoms with Crippen LogP contribution in [0.4, 0.5) is 14.9 Å². The lowest BCUT2D eigenvalue weighted by Crippen LogP contribution is -2.48. The molecule has 0 aliphatic carbocycles. The Labute approximate surface area is 149 Å². The van der Waals surface area contributed by atoms with Crippen molar-refractivity contribution in [2.75, 3.05) is 24.5 Å². The van der Waals surface area contributed by atoms with Gasteiger partial charge < -0.3 is 15.1 Å².